The van der Waals surface area contributed by atoms with E-state index in [4.69, 9.17) is 0 Å². The molecule has 4 aromatic carbocycles. The Morgan fingerprint density at radius 2 is 1.12 bits per heavy atom. The Morgan fingerprint density at radius 3 is 1.75 bits per heavy atom. The molecule has 4 aromatic rings. The molecule has 0 bridgehead atoms. The SMILES string of the molecule is Cc1cc(N(c2ccccc2)c2ccccc2)c2ccccc2c1. The Balaban J connectivity index is 2.02. The molecule has 0 aromatic heterocycles. The lowest BCUT2D eigenvalue weighted by atomic mass is 10.0. The first kappa shape index (κ1) is 14.5. The summed E-state index contributed by atoms with van der Waals surface area (Å²) in [6.45, 7) is 2.16. The summed E-state index contributed by atoms with van der Waals surface area (Å²) < 4.78 is 0. The van der Waals surface area contributed by atoms with Crippen molar-refractivity contribution in [1.29, 1.82) is 0 Å². The fourth-order valence-electron chi connectivity index (χ4n) is 3.20. The molecule has 0 spiro atoms. The summed E-state index contributed by atoms with van der Waals surface area (Å²) >= 11 is 0. The van der Waals surface area contributed by atoms with E-state index in [1.807, 2.05) is 0 Å². The lowest BCUT2D eigenvalue weighted by molar-refractivity contribution is 1.29. The van der Waals surface area contributed by atoms with Crippen molar-refractivity contribution in [2.45, 2.75) is 6.92 Å². The van der Waals surface area contributed by atoms with E-state index in [1.165, 1.54) is 33.4 Å². The third-order valence-corrected chi connectivity index (χ3v) is 4.25. The number of rotatable bonds is 3. The van der Waals surface area contributed by atoms with Gasteiger partial charge in [-0.2, -0.15) is 0 Å². The van der Waals surface area contributed by atoms with E-state index in [1.54, 1.807) is 0 Å². The minimum atomic E-state index is 1.17. The summed E-state index contributed by atoms with van der Waals surface area (Å²) in [5.41, 5.74) is 4.81. The molecule has 0 aliphatic heterocycles. The maximum atomic E-state index is 2.33. The monoisotopic (exact) mass is 309 g/mol. The fourth-order valence-corrected chi connectivity index (χ4v) is 3.20. The van der Waals surface area contributed by atoms with Crippen molar-refractivity contribution in [3.05, 3.63) is 103 Å². The van der Waals surface area contributed by atoms with Crippen LogP contribution in [0.4, 0.5) is 17.1 Å². The van der Waals surface area contributed by atoms with Crippen LogP contribution < -0.4 is 4.90 Å². The van der Waals surface area contributed by atoms with Crippen LogP contribution in [0.1, 0.15) is 5.56 Å². The Bertz CT molecular complexity index is 919. The number of hydrogen-bond acceptors (Lipinski definition) is 1. The molecule has 0 N–H and O–H groups in total. The van der Waals surface area contributed by atoms with Crippen LogP contribution in [0.25, 0.3) is 10.8 Å². The molecule has 0 atom stereocenters. The summed E-state index contributed by atoms with van der Waals surface area (Å²) in [5.74, 6) is 0. The molecule has 0 radical (unpaired) electrons. The zero-order valence-corrected chi connectivity index (χ0v) is 13.7. The van der Waals surface area contributed by atoms with Crippen molar-refractivity contribution in [3.63, 3.8) is 0 Å². The summed E-state index contributed by atoms with van der Waals surface area (Å²) in [5, 5.41) is 2.53. The van der Waals surface area contributed by atoms with Crippen LogP contribution in [0, 0.1) is 6.92 Å². The second-order valence-corrected chi connectivity index (χ2v) is 6.01. The van der Waals surface area contributed by atoms with Crippen LogP contribution in [-0.4, -0.2) is 0 Å². The second-order valence-electron chi connectivity index (χ2n) is 6.01. The van der Waals surface area contributed by atoms with E-state index in [0.717, 1.165) is 0 Å². The van der Waals surface area contributed by atoms with Gasteiger partial charge in [-0.05, 0) is 48.2 Å². The normalized spacial score (nSPS) is 10.7. The molecule has 0 heterocycles. The van der Waals surface area contributed by atoms with E-state index in [-0.39, 0.29) is 0 Å². The summed E-state index contributed by atoms with van der Waals surface area (Å²) in [7, 11) is 0. The zero-order chi connectivity index (χ0) is 16.4. The topological polar surface area (TPSA) is 3.24 Å². The second kappa shape index (κ2) is 6.21. The predicted molar refractivity (Wildman–Crippen MR) is 103 cm³/mol. The Labute approximate surface area is 142 Å². The van der Waals surface area contributed by atoms with Crippen molar-refractivity contribution in [1.82, 2.24) is 0 Å². The van der Waals surface area contributed by atoms with Gasteiger partial charge in [-0.1, -0.05) is 66.7 Å². The summed E-state index contributed by atoms with van der Waals surface area (Å²) in [6, 6.07) is 34.2. The molecule has 0 saturated carbocycles. The molecule has 116 valence electrons. The molecule has 0 aliphatic rings. The number of para-hydroxylation sites is 2. The molecular weight excluding hydrogens is 290 g/mol. The van der Waals surface area contributed by atoms with Crippen molar-refractivity contribution in [3.8, 4) is 0 Å². The smallest absolute Gasteiger partial charge is 0.0542 e. The standard InChI is InChI=1S/C23H19N/c1-18-16-19-10-8-9-15-22(19)23(17-18)24(20-11-4-2-5-12-20)21-13-6-3-7-14-21/h2-17H,1H3. The number of anilines is 3. The van der Waals surface area contributed by atoms with Gasteiger partial charge < -0.3 is 4.90 Å². The number of nitrogens with zero attached hydrogens (tertiary/aromatic N) is 1. The number of hydrogen-bond donors (Lipinski definition) is 0. The molecule has 0 fully saturated rings. The maximum absolute atomic E-state index is 2.33. The predicted octanol–water partition coefficient (Wildman–Crippen LogP) is 6.62. The highest BCUT2D eigenvalue weighted by Gasteiger charge is 2.14. The number of fused-ring (bicyclic) bond motifs is 1. The van der Waals surface area contributed by atoms with Gasteiger partial charge in [-0.25, -0.2) is 0 Å². The quantitative estimate of drug-likeness (QED) is 0.411. The number of benzene rings is 4. The molecule has 0 unspecified atom stereocenters. The van der Waals surface area contributed by atoms with Gasteiger partial charge >= 0.3 is 0 Å². The van der Waals surface area contributed by atoms with Crippen LogP contribution >= 0.6 is 0 Å². The van der Waals surface area contributed by atoms with Gasteiger partial charge in [0.05, 0.1) is 5.69 Å². The van der Waals surface area contributed by atoms with Crippen LogP contribution in [0.3, 0.4) is 0 Å². The fraction of sp³-hybridized carbons (Fsp3) is 0.0435. The molecule has 24 heavy (non-hydrogen) atoms. The first-order valence-electron chi connectivity index (χ1n) is 8.22. The highest BCUT2D eigenvalue weighted by Crippen LogP contribution is 2.39. The van der Waals surface area contributed by atoms with Gasteiger partial charge in [-0.15, -0.1) is 0 Å². The van der Waals surface area contributed by atoms with Crippen LogP contribution in [0.15, 0.2) is 97.1 Å². The van der Waals surface area contributed by atoms with Crippen molar-refractivity contribution >= 4 is 27.8 Å². The maximum Gasteiger partial charge on any atom is 0.0542 e. The van der Waals surface area contributed by atoms with Gasteiger partial charge in [0.15, 0.2) is 0 Å². The molecule has 1 nitrogen and oxygen atoms in total. The lowest BCUT2D eigenvalue weighted by Crippen LogP contribution is -2.10. The van der Waals surface area contributed by atoms with E-state index < -0.39 is 0 Å². The molecule has 1 heteroatoms. The van der Waals surface area contributed by atoms with E-state index in [9.17, 15) is 0 Å². The third kappa shape index (κ3) is 2.65. The lowest BCUT2D eigenvalue weighted by Gasteiger charge is -2.27. The molecule has 4 rings (SSSR count). The zero-order valence-electron chi connectivity index (χ0n) is 13.7. The summed E-state index contributed by atoms with van der Waals surface area (Å²) in [6.07, 6.45) is 0. The Morgan fingerprint density at radius 1 is 0.583 bits per heavy atom. The average Bonchev–Trinajstić information content (AvgIpc) is 2.63. The Hall–Kier alpha value is -3.06. The van der Waals surface area contributed by atoms with Crippen LogP contribution in [-0.2, 0) is 0 Å². The van der Waals surface area contributed by atoms with Gasteiger partial charge in [0.2, 0.25) is 0 Å². The third-order valence-electron chi connectivity index (χ3n) is 4.25. The number of aryl methyl sites for hydroxylation is 1. The van der Waals surface area contributed by atoms with Gasteiger partial charge in [0, 0.05) is 16.8 Å². The minimum Gasteiger partial charge on any atom is -0.310 e. The molecular formula is C23H19N. The van der Waals surface area contributed by atoms with E-state index in [0.29, 0.717) is 0 Å². The molecule has 0 amide bonds. The van der Waals surface area contributed by atoms with E-state index >= 15 is 0 Å². The first-order chi connectivity index (χ1) is 11.8. The largest absolute Gasteiger partial charge is 0.310 e. The Kier molecular flexibility index (Phi) is 3.76. The summed E-state index contributed by atoms with van der Waals surface area (Å²) in [4.78, 5) is 2.33. The highest BCUT2D eigenvalue weighted by molar-refractivity contribution is 5.99. The van der Waals surface area contributed by atoms with Crippen LogP contribution in [0.5, 0.6) is 0 Å². The van der Waals surface area contributed by atoms with Crippen molar-refractivity contribution < 1.29 is 0 Å². The molecule has 0 aliphatic carbocycles. The van der Waals surface area contributed by atoms with E-state index in [2.05, 4.69) is 109 Å². The van der Waals surface area contributed by atoms with Crippen LogP contribution in [0.2, 0.25) is 0 Å². The van der Waals surface area contributed by atoms with Gasteiger partial charge in [-0.3, -0.25) is 0 Å². The van der Waals surface area contributed by atoms with Crippen molar-refractivity contribution in [2.24, 2.45) is 0 Å². The highest BCUT2D eigenvalue weighted by atomic mass is 15.1. The molecule has 0 saturated heterocycles. The van der Waals surface area contributed by atoms with Gasteiger partial charge in [0.25, 0.3) is 0 Å². The average molecular weight is 309 g/mol. The van der Waals surface area contributed by atoms with Gasteiger partial charge in [0.1, 0.15) is 0 Å². The van der Waals surface area contributed by atoms with Crippen molar-refractivity contribution in [2.75, 3.05) is 4.90 Å². The minimum absolute atomic E-state index is 1.17. The first-order valence-corrected chi connectivity index (χ1v) is 8.22.